The van der Waals surface area contributed by atoms with Gasteiger partial charge in [0.2, 0.25) is 5.75 Å². The van der Waals surface area contributed by atoms with E-state index in [-0.39, 0.29) is 5.91 Å². The molecule has 2 aromatic heterocycles. The third kappa shape index (κ3) is 3.90. The largest absolute Gasteiger partial charge is 0.493 e. The predicted molar refractivity (Wildman–Crippen MR) is 103 cm³/mol. The van der Waals surface area contributed by atoms with Crippen LogP contribution in [0.25, 0.3) is 5.82 Å². The van der Waals surface area contributed by atoms with Crippen molar-refractivity contribution in [2.45, 2.75) is 13.5 Å². The number of benzene rings is 1. The summed E-state index contributed by atoms with van der Waals surface area (Å²) in [6, 6.07) is 6.99. The Bertz CT molecular complexity index is 959. The number of amides is 1. The fraction of sp³-hybridized carbons (Fsp3) is 0.250. The smallest absolute Gasteiger partial charge is 0.251 e. The van der Waals surface area contributed by atoms with Crippen LogP contribution in [0.1, 0.15) is 21.7 Å². The molecule has 0 radical (unpaired) electrons. The third-order valence-electron chi connectivity index (χ3n) is 4.26. The monoisotopic (exact) mass is 382 g/mol. The molecule has 0 spiro atoms. The number of carbonyl (C=O) groups is 1. The van der Waals surface area contributed by atoms with Crippen LogP contribution in [0, 0.1) is 6.92 Å². The van der Waals surface area contributed by atoms with Crippen LogP contribution in [0.2, 0.25) is 0 Å². The number of imidazole rings is 1. The highest BCUT2D eigenvalue weighted by atomic mass is 16.5. The van der Waals surface area contributed by atoms with Crippen LogP contribution in [-0.4, -0.2) is 41.8 Å². The van der Waals surface area contributed by atoms with Crippen LogP contribution in [0.3, 0.4) is 0 Å². The van der Waals surface area contributed by atoms with Gasteiger partial charge in [0.05, 0.1) is 21.3 Å². The SMILES string of the molecule is COc1cc(C(=O)NCc2ccnc(-n3ccnc3C)c2)cc(OC)c1OC. The maximum Gasteiger partial charge on any atom is 0.251 e. The molecule has 146 valence electrons. The molecule has 0 aliphatic heterocycles. The number of carbonyl (C=O) groups excluding carboxylic acids is 1. The molecular weight excluding hydrogens is 360 g/mol. The van der Waals surface area contributed by atoms with Crippen molar-refractivity contribution in [2.75, 3.05) is 21.3 Å². The fourth-order valence-corrected chi connectivity index (χ4v) is 2.82. The molecule has 0 fully saturated rings. The highest BCUT2D eigenvalue weighted by Gasteiger charge is 2.17. The van der Waals surface area contributed by atoms with Crippen LogP contribution in [0.15, 0.2) is 42.9 Å². The van der Waals surface area contributed by atoms with Crippen molar-refractivity contribution in [1.29, 1.82) is 0 Å². The normalized spacial score (nSPS) is 10.4. The molecule has 0 saturated heterocycles. The molecule has 0 atom stereocenters. The van der Waals surface area contributed by atoms with E-state index in [1.54, 1.807) is 24.5 Å². The lowest BCUT2D eigenvalue weighted by Crippen LogP contribution is -2.23. The lowest BCUT2D eigenvalue weighted by atomic mass is 10.1. The first-order chi connectivity index (χ1) is 13.6. The maximum atomic E-state index is 12.6. The summed E-state index contributed by atoms with van der Waals surface area (Å²) in [5.74, 6) is 2.62. The molecule has 1 amide bonds. The first-order valence-electron chi connectivity index (χ1n) is 8.60. The summed E-state index contributed by atoms with van der Waals surface area (Å²) in [5, 5.41) is 2.90. The van der Waals surface area contributed by atoms with E-state index in [2.05, 4.69) is 15.3 Å². The Labute approximate surface area is 163 Å². The van der Waals surface area contributed by atoms with Crippen molar-refractivity contribution >= 4 is 5.91 Å². The third-order valence-corrected chi connectivity index (χ3v) is 4.26. The molecular formula is C20H22N4O4. The van der Waals surface area contributed by atoms with Crippen LogP contribution in [0.5, 0.6) is 17.2 Å². The van der Waals surface area contributed by atoms with Crippen LogP contribution in [-0.2, 0) is 6.54 Å². The molecule has 0 aliphatic rings. The Morgan fingerprint density at radius 2 is 1.75 bits per heavy atom. The molecule has 3 aromatic rings. The van der Waals surface area contributed by atoms with Crippen molar-refractivity contribution in [1.82, 2.24) is 19.9 Å². The summed E-state index contributed by atoms with van der Waals surface area (Å²) >= 11 is 0. The van der Waals surface area contributed by atoms with Crippen LogP contribution < -0.4 is 19.5 Å². The van der Waals surface area contributed by atoms with Gasteiger partial charge in [0.25, 0.3) is 5.91 Å². The topological polar surface area (TPSA) is 87.5 Å². The number of pyridine rings is 1. The Hall–Kier alpha value is -3.55. The zero-order valence-corrected chi connectivity index (χ0v) is 16.2. The molecule has 3 rings (SSSR count). The molecule has 0 saturated carbocycles. The fourth-order valence-electron chi connectivity index (χ4n) is 2.82. The number of nitrogens with zero attached hydrogens (tertiary/aromatic N) is 3. The number of nitrogens with one attached hydrogen (secondary N) is 1. The molecule has 0 bridgehead atoms. The minimum absolute atomic E-state index is 0.253. The van der Waals surface area contributed by atoms with Crippen molar-refractivity contribution < 1.29 is 19.0 Å². The average Bonchev–Trinajstić information content (AvgIpc) is 3.16. The van der Waals surface area contributed by atoms with Gasteiger partial charge >= 0.3 is 0 Å². The molecule has 2 heterocycles. The second-order valence-electron chi connectivity index (χ2n) is 5.96. The number of hydrogen-bond acceptors (Lipinski definition) is 6. The lowest BCUT2D eigenvalue weighted by molar-refractivity contribution is 0.0950. The van der Waals surface area contributed by atoms with Gasteiger partial charge in [0.1, 0.15) is 11.6 Å². The van der Waals surface area contributed by atoms with Gasteiger partial charge < -0.3 is 19.5 Å². The lowest BCUT2D eigenvalue weighted by Gasteiger charge is -2.14. The molecule has 28 heavy (non-hydrogen) atoms. The maximum absolute atomic E-state index is 12.6. The summed E-state index contributed by atoms with van der Waals surface area (Å²) in [7, 11) is 4.54. The average molecular weight is 382 g/mol. The molecule has 8 heteroatoms. The van der Waals surface area contributed by atoms with Crippen molar-refractivity contribution in [2.24, 2.45) is 0 Å². The van der Waals surface area contributed by atoms with E-state index < -0.39 is 0 Å². The second kappa shape index (κ2) is 8.43. The van der Waals surface area contributed by atoms with Gasteiger partial charge in [-0.2, -0.15) is 0 Å². The van der Waals surface area contributed by atoms with Gasteiger partial charge in [-0.25, -0.2) is 9.97 Å². The number of aryl methyl sites for hydroxylation is 1. The molecule has 0 unspecified atom stereocenters. The molecule has 1 N–H and O–H groups in total. The first-order valence-corrected chi connectivity index (χ1v) is 8.60. The predicted octanol–water partition coefficient (Wildman–Crippen LogP) is 2.53. The van der Waals surface area contributed by atoms with Gasteiger partial charge in [-0.05, 0) is 36.8 Å². The highest BCUT2D eigenvalue weighted by Crippen LogP contribution is 2.38. The summed E-state index contributed by atoms with van der Waals surface area (Å²) in [6.07, 6.45) is 5.27. The number of aromatic nitrogens is 3. The van der Waals surface area contributed by atoms with E-state index >= 15 is 0 Å². The molecule has 0 aliphatic carbocycles. The van der Waals surface area contributed by atoms with Crippen molar-refractivity contribution in [3.8, 4) is 23.1 Å². The quantitative estimate of drug-likeness (QED) is 0.676. The Morgan fingerprint density at radius 3 is 2.32 bits per heavy atom. The number of ether oxygens (including phenoxy) is 3. The van der Waals surface area contributed by atoms with Gasteiger partial charge in [-0.15, -0.1) is 0 Å². The zero-order valence-electron chi connectivity index (χ0n) is 16.2. The van der Waals surface area contributed by atoms with Crippen molar-refractivity contribution in [3.63, 3.8) is 0 Å². The van der Waals surface area contributed by atoms with Gasteiger partial charge in [0.15, 0.2) is 11.5 Å². The van der Waals surface area contributed by atoms with Crippen molar-refractivity contribution in [3.05, 3.63) is 59.8 Å². The summed E-state index contributed by atoms with van der Waals surface area (Å²) in [5.41, 5.74) is 1.33. The number of rotatable bonds is 7. The minimum Gasteiger partial charge on any atom is -0.493 e. The van der Waals surface area contributed by atoms with Crippen LogP contribution >= 0.6 is 0 Å². The number of methoxy groups -OCH3 is 3. The van der Waals surface area contributed by atoms with E-state index in [4.69, 9.17) is 14.2 Å². The number of hydrogen-bond donors (Lipinski definition) is 1. The second-order valence-corrected chi connectivity index (χ2v) is 5.96. The summed E-state index contributed by atoms with van der Waals surface area (Å²) < 4.78 is 17.8. The van der Waals surface area contributed by atoms with E-state index in [0.717, 1.165) is 17.2 Å². The van der Waals surface area contributed by atoms with E-state index in [1.807, 2.05) is 29.8 Å². The Balaban J connectivity index is 1.77. The highest BCUT2D eigenvalue weighted by molar-refractivity contribution is 5.95. The van der Waals surface area contributed by atoms with E-state index in [9.17, 15) is 4.79 Å². The van der Waals surface area contributed by atoms with E-state index in [0.29, 0.717) is 29.4 Å². The summed E-state index contributed by atoms with van der Waals surface area (Å²) in [6.45, 7) is 2.25. The Morgan fingerprint density at radius 1 is 1.04 bits per heavy atom. The Kier molecular flexibility index (Phi) is 5.78. The standard InChI is InChI=1S/C20H22N4O4/c1-13-21-7-8-24(13)18-9-14(5-6-22-18)12-23-20(25)15-10-16(26-2)19(28-4)17(11-15)27-3/h5-11H,12H2,1-4H3,(H,23,25). The molecule has 1 aromatic carbocycles. The minimum atomic E-state index is -0.253. The summed E-state index contributed by atoms with van der Waals surface area (Å²) in [4.78, 5) is 21.2. The van der Waals surface area contributed by atoms with E-state index in [1.165, 1.54) is 21.3 Å². The van der Waals surface area contributed by atoms with Gasteiger partial charge in [-0.1, -0.05) is 0 Å². The van der Waals surface area contributed by atoms with Gasteiger partial charge in [0, 0.05) is 30.7 Å². The zero-order chi connectivity index (χ0) is 20.1. The molecule has 8 nitrogen and oxygen atoms in total. The van der Waals surface area contributed by atoms with Crippen LogP contribution in [0.4, 0.5) is 0 Å². The first kappa shape index (κ1) is 19.2. The van der Waals surface area contributed by atoms with Gasteiger partial charge in [-0.3, -0.25) is 9.36 Å².